The molecule has 1 unspecified atom stereocenters. The Morgan fingerprint density at radius 3 is 2.90 bits per heavy atom. The second-order valence-corrected chi connectivity index (χ2v) is 2.26. The van der Waals surface area contributed by atoms with Crippen LogP contribution in [0.25, 0.3) is 0 Å². The summed E-state index contributed by atoms with van der Waals surface area (Å²) in [6, 6.07) is 0. The van der Waals surface area contributed by atoms with E-state index < -0.39 is 0 Å². The molecule has 0 aliphatic heterocycles. The maximum Gasteiger partial charge on any atom is 0.162 e. The Kier molecular flexibility index (Phi) is 2.21. The molecule has 0 amide bonds. The van der Waals surface area contributed by atoms with Crippen LogP contribution >= 0.6 is 0 Å². The zero-order chi connectivity index (χ0) is 7.40. The summed E-state index contributed by atoms with van der Waals surface area (Å²) in [5.41, 5.74) is 0. The number of hydrogen-bond acceptors (Lipinski definition) is 1. The molecule has 0 aromatic heterocycles. The Morgan fingerprint density at radius 1 is 1.60 bits per heavy atom. The molecule has 0 heterocycles. The molecule has 1 aliphatic carbocycles. The summed E-state index contributed by atoms with van der Waals surface area (Å²) in [6.45, 7) is 3.43. The summed E-state index contributed by atoms with van der Waals surface area (Å²) in [4.78, 5) is 11.0. The molecule has 1 nitrogen and oxygen atoms in total. The van der Waals surface area contributed by atoms with Gasteiger partial charge < -0.3 is 0 Å². The van der Waals surface area contributed by atoms with Crippen molar-refractivity contribution in [2.45, 2.75) is 6.42 Å². The first-order valence-corrected chi connectivity index (χ1v) is 3.34. The molecule has 1 heteroatoms. The lowest BCUT2D eigenvalue weighted by Gasteiger charge is -2.07. The molecule has 0 bridgehead atoms. The maximum absolute atomic E-state index is 11.0. The van der Waals surface area contributed by atoms with E-state index in [4.69, 9.17) is 0 Å². The van der Waals surface area contributed by atoms with E-state index in [1.807, 2.05) is 24.3 Å². The molecule has 0 N–H and O–H groups in total. The summed E-state index contributed by atoms with van der Waals surface area (Å²) in [6.07, 6.45) is 9.95. The Balaban J connectivity index is 2.59. The fourth-order valence-corrected chi connectivity index (χ4v) is 0.943. The normalized spacial score (nSPS) is 22.6. The van der Waals surface area contributed by atoms with Gasteiger partial charge in [-0.05, 0) is 12.5 Å². The van der Waals surface area contributed by atoms with Crippen LogP contribution in [0.3, 0.4) is 0 Å². The third-order valence-corrected chi connectivity index (χ3v) is 1.55. The molecule has 0 saturated heterocycles. The fourth-order valence-electron chi connectivity index (χ4n) is 0.943. The number of carbonyl (C=O) groups excluding carboxylic acids is 1. The molecule has 0 spiro atoms. The van der Waals surface area contributed by atoms with Gasteiger partial charge in [0.2, 0.25) is 0 Å². The van der Waals surface area contributed by atoms with Gasteiger partial charge in [0.25, 0.3) is 0 Å². The molecule has 0 aromatic carbocycles. The van der Waals surface area contributed by atoms with Gasteiger partial charge in [-0.1, -0.05) is 30.9 Å². The van der Waals surface area contributed by atoms with Crippen LogP contribution < -0.4 is 0 Å². The van der Waals surface area contributed by atoms with Crippen molar-refractivity contribution >= 4 is 5.78 Å². The van der Waals surface area contributed by atoms with E-state index in [1.165, 1.54) is 6.08 Å². The Hall–Kier alpha value is -1.11. The third kappa shape index (κ3) is 1.44. The van der Waals surface area contributed by atoms with Crippen LogP contribution in [0.15, 0.2) is 37.0 Å². The van der Waals surface area contributed by atoms with Crippen molar-refractivity contribution in [3.05, 3.63) is 37.0 Å². The molecule has 52 valence electrons. The lowest BCUT2D eigenvalue weighted by molar-refractivity contribution is -0.116. The van der Waals surface area contributed by atoms with Crippen LogP contribution in [0.2, 0.25) is 0 Å². The van der Waals surface area contributed by atoms with Crippen LogP contribution in [0.5, 0.6) is 0 Å². The van der Waals surface area contributed by atoms with E-state index >= 15 is 0 Å². The zero-order valence-electron chi connectivity index (χ0n) is 5.79. The molecule has 0 fully saturated rings. The predicted octanol–water partition coefficient (Wildman–Crippen LogP) is 1.87. The smallest absolute Gasteiger partial charge is 0.162 e. The van der Waals surface area contributed by atoms with E-state index in [2.05, 4.69) is 6.58 Å². The van der Waals surface area contributed by atoms with Gasteiger partial charge in [0.1, 0.15) is 0 Å². The minimum absolute atomic E-state index is 0.0440. The summed E-state index contributed by atoms with van der Waals surface area (Å²) in [7, 11) is 0. The van der Waals surface area contributed by atoms with Crippen LogP contribution in [-0.2, 0) is 4.79 Å². The highest BCUT2D eigenvalue weighted by molar-refractivity contribution is 5.92. The molecule has 0 saturated carbocycles. The second-order valence-electron chi connectivity index (χ2n) is 2.26. The molecule has 1 aliphatic rings. The fraction of sp³-hybridized carbons (Fsp3) is 0.222. The van der Waals surface area contributed by atoms with E-state index in [1.54, 1.807) is 0 Å². The van der Waals surface area contributed by atoms with Gasteiger partial charge in [-0.25, -0.2) is 0 Å². The van der Waals surface area contributed by atoms with Crippen molar-refractivity contribution in [3.8, 4) is 0 Å². The van der Waals surface area contributed by atoms with Crippen molar-refractivity contribution in [2.75, 3.05) is 0 Å². The first kappa shape index (κ1) is 7.00. The Labute approximate surface area is 60.7 Å². The minimum atomic E-state index is 0.0440. The first-order chi connectivity index (χ1) is 4.84. The Morgan fingerprint density at radius 2 is 2.40 bits per heavy atom. The predicted molar refractivity (Wildman–Crippen MR) is 41.6 cm³/mol. The zero-order valence-corrected chi connectivity index (χ0v) is 5.79. The largest absolute Gasteiger partial charge is 0.294 e. The number of hydrogen-bond donors (Lipinski definition) is 0. The average molecular weight is 134 g/mol. The number of carbonyl (C=O) groups is 1. The highest BCUT2D eigenvalue weighted by Gasteiger charge is 2.10. The highest BCUT2D eigenvalue weighted by atomic mass is 16.1. The molecule has 0 aromatic rings. The summed E-state index contributed by atoms with van der Waals surface area (Å²) in [5, 5.41) is 0. The van der Waals surface area contributed by atoms with Gasteiger partial charge in [-0.15, -0.1) is 0 Å². The topological polar surface area (TPSA) is 17.1 Å². The standard InChI is InChI=1S/C9H10O/c1-2-9(10)8-6-4-3-5-7-8/h2-6,8H,1,7H2. The van der Waals surface area contributed by atoms with Crippen LogP contribution in [-0.4, -0.2) is 5.78 Å². The van der Waals surface area contributed by atoms with Crippen LogP contribution in [0.4, 0.5) is 0 Å². The van der Waals surface area contributed by atoms with Crippen molar-refractivity contribution < 1.29 is 4.79 Å². The minimum Gasteiger partial charge on any atom is -0.294 e. The van der Waals surface area contributed by atoms with Crippen molar-refractivity contribution in [3.63, 3.8) is 0 Å². The molecular formula is C9H10O. The van der Waals surface area contributed by atoms with E-state index in [0.717, 1.165) is 6.42 Å². The van der Waals surface area contributed by atoms with Crippen molar-refractivity contribution in [1.29, 1.82) is 0 Å². The van der Waals surface area contributed by atoms with Crippen LogP contribution in [0, 0.1) is 5.92 Å². The summed E-state index contributed by atoms with van der Waals surface area (Å²) < 4.78 is 0. The van der Waals surface area contributed by atoms with Gasteiger partial charge in [-0.3, -0.25) is 4.79 Å². The maximum atomic E-state index is 11.0. The van der Waals surface area contributed by atoms with Gasteiger partial charge in [0, 0.05) is 5.92 Å². The lowest BCUT2D eigenvalue weighted by Crippen LogP contribution is -2.08. The number of rotatable bonds is 2. The highest BCUT2D eigenvalue weighted by Crippen LogP contribution is 2.12. The lowest BCUT2D eigenvalue weighted by atomic mass is 9.96. The van der Waals surface area contributed by atoms with Crippen molar-refractivity contribution in [2.24, 2.45) is 5.92 Å². The molecule has 10 heavy (non-hydrogen) atoms. The molecule has 1 atom stereocenters. The molecule has 0 radical (unpaired) electrons. The van der Waals surface area contributed by atoms with E-state index in [9.17, 15) is 4.79 Å². The van der Waals surface area contributed by atoms with Gasteiger partial charge in [-0.2, -0.15) is 0 Å². The summed E-state index contributed by atoms with van der Waals surface area (Å²) in [5.74, 6) is 0.156. The van der Waals surface area contributed by atoms with Gasteiger partial charge >= 0.3 is 0 Å². The SMILES string of the molecule is C=CC(=O)C1C=CC=CC1. The molecular weight excluding hydrogens is 124 g/mol. The molecule has 1 rings (SSSR count). The van der Waals surface area contributed by atoms with E-state index in [0.29, 0.717) is 0 Å². The Bertz CT molecular complexity index is 199. The van der Waals surface area contributed by atoms with Gasteiger partial charge in [0.05, 0.1) is 0 Å². The second kappa shape index (κ2) is 3.16. The van der Waals surface area contributed by atoms with Crippen molar-refractivity contribution in [1.82, 2.24) is 0 Å². The van der Waals surface area contributed by atoms with E-state index in [-0.39, 0.29) is 11.7 Å². The average Bonchev–Trinajstić information content (AvgIpc) is 2.05. The number of ketones is 1. The monoisotopic (exact) mass is 134 g/mol. The first-order valence-electron chi connectivity index (χ1n) is 3.34. The van der Waals surface area contributed by atoms with Crippen LogP contribution in [0.1, 0.15) is 6.42 Å². The quantitative estimate of drug-likeness (QED) is 0.527. The summed E-state index contributed by atoms with van der Waals surface area (Å²) >= 11 is 0. The van der Waals surface area contributed by atoms with Gasteiger partial charge in [0.15, 0.2) is 5.78 Å². The third-order valence-electron chi connectivity index (χ3n) is 1.55. The number of allylic oxidation sites excluding steroid dienone is 5.